The van der Waals surface area contributed by atoms with Gasteiger partial charge in [0.25, 0.3) is 0 Å². The lowest BCUT2D eigenvalue weighted by Crippen LogP contribution is -2.21. The zero-order valence-corrected chi connectivity index (χ0v) is 17.5. The number of hydrogen-bond donors (Lipinski definition) is 0. The molecule has 0 atom stereocenters. The molecule has 152 valence electrons. The molecule has 6 nitrogen and oxygen atoms in total. The number of benzene rings is 2. The number of hydrogen-bond acceptors (Lipinski definition) is 6. The molecule has 30 heavy (non-hydrogen) atoms. The van der Waals surface area contributed by atoms with Crippen LogP contribution in [-0.2, 0) is 12.3 Å². The number of thioether (sulfide) groups is 1. The van der Waals surface area contributed by atoms with E-state index in [1.165, 1.54) is 12.8 Å². The maximum atomic E-state index is 5.95. The number of aromatic nitrogens is 4. The standard InChI is InChI=1S/C23H23N5OS/c1-3-9-18(10-4-1)20-15-24-22(29-20)17-30-23-26-25-21(16-27-13-7-8-14-27)28(23)19-11-5-2-6-12-19/h1-6,9-12,15H,7-8,13-14,16-17H2. The van der Waals surface area contributed by atoms with Gasteiger partial charge in [0.05, 0.1) is 18.5 Å². The van der Waals surface area contributed by atoms with Crippen LogP contribution in [0.3, 0.4) is 0 Å². The Morgan fingerprint density at radius 1 is 0.900 bits per heavy atom. The Kier molecular flexibility index (Phi) is 5.63. The van der Waals surface area contributed by atoms with E-state index in [4.69, 9.17) is 4.42 Å². The number of para-hydroxylation sites is 1. The van der Waals surface area contributed by atoms with Crippen LogP contribution in [0, 0.1) is 0 Å². The summed E-state index contributed by atoms with van der Waals surface area (Å²) in [5.41, 5.74) is 2.11. The first kappa shape index (κ1) is 19.1. The van der Waals surface area contributed by atoms with Crippen molar-refractivity contribution in [1.29, 1.82) is 0 Å². The summed E-state index contributed by atoms with van der Waals surface area (Å²) in [6, 6.07) is 20.3. The molecule has 0 aliphatic carbocycles. The summed E-state index contributed by atoms with van der Waals surface area (Å²) in [6.45, 7) is 3.07. The molecule has 3 heterocycles. The summed E-state index contributed by atoms with van der Waals surface area (Å²) in [4.78, 5) is 6.89. The molecule has 1 saturated heterocycles. The second-order valence-electron chi connectivity index (χ2n) is 7.33. The summed E-state index contributed by atoms with van der Waals surface area (Å²) in [7, 11) is 0. The Balaban J connectivity index is 1.36. The maximum absolute atomic E-state index is 5.95. The van der Waals surface area contributed by atoms with E-state index in [-0.39, 0.29) is 0 Å². The van der Waals surface area contributed by atoms with Crippen LogP contribution in [0.4, 0.5) is 0 Å². The highest BCUT2D eigenvalue weighted by molar-refractivity contribution is 7.98. The molecule has 0 spiro atoms. The summed E-state index contributed by atoms with van der Waals surface area (Å²) in [5, 5.41) is 9.87. The molecule has 2 aromatic heterocycles. The minimum atomic E-state index is 0.599. The van der Waals surface area contributed by atoms with Crippen LogP contribution in [0.5, 0.6) is 0 Å². The molecule has 0 amide bonds. The fraction of sp³-hybridized carbons (Fsp3) is 0.261. The van der Waals surface area contributed by atoms with E-state index < -0.39 is 0 Å². The van der Waals surface area contributed by atoms with Crippen molar-refractivity contribution in [2.75, 3.05) is 13.1 Å². The van der Waals surface area contributed by atoms with Gasteiger partial charge in [0.2, 0.25) is 5.89 Å². The topological polar surface area (TPSA) is 60.0 Å². The first-order valence-electron chi connectivity index (χ1n) is 10.2. The zero-order valence-electron chi connectivity index (χ0n) is 16.6. The second-order valence-corrected chi connectivity index (χ2v) is 8.27. The Labute approximate surface area is 180 Å². The zero-order chi connectivity index (χ0) is 20.2. The monoisotopic (exact) mass is 417 g/mol. The summed E-state index contributed by atoms with van der Waals surface area (Å²) in [6.07, 6.45) is 4.30. The Morgan fingerprint density at radius 2 is 1.63 bits per heavy atom. The lowest BCUT2D eigenvalue weighted by atomic mass is 10.2. The normalized spacial score (nSPS) is 14.4. The molecule has 1 fully saturated rings. The highest BCUT2D eigenvalue weighted by atomic mass is 32.2. The van der Waals surface area contributed by atoms with E-state index in [9.17, 15) is 0 Å². The van der Waals surface area contributed by atoms with Crippen LogP contribution in [0.2, 0.25) is 0 Å². The van der Waals surface area contributed by atoms with Crippen LogP contribution >= 0.6 is 11.8 Å². The fourth-order valence-electron chi connectivity index (χ4n) is 3.71. The fourth-order valence-corrected chi connectivity index (χ4v) is 4.54. The highest BCUT2D eigenvalue weighted by Crippen LogP contribution is 2.28. The summed E-state index contributed by atoms with van der Waals surface area (Å²) >= 11 is 1.60. The number of likely N-dealkylation sites (tertiary alicyclic amines) is 1. The SMILES string of the molecule is c1ccc(-c2cnc(CSc3nnc(CN4CCCC4)n3-c3ccccc3)o2)cc1. The van der Waals surface area contributed by atoms with Gasteiger partial charge in [-0.2, -0.15) is 0 Å². The third-order valence-corrected chi connectivity index (χ3v) is 6.13. The first-order valence-corrected chi connectivity index (χ1v) is 11.2. The number of oxazole rings is 1. The van der Waals surface area contributed by atoms with Gasteiger partial charge in [-0.3, -0.25) is 9.47 Å². The van der Waals surface area contributed by atoms with E-state index in [1.807, 2.05) is 48.5 Å². The Morgan fingerprint density at radius 3 is 2.40 bits per heavy atom. The van der Waals surface area contributed by atoms with E-state index >= 15 is 0 Å². The third kappa shape index (κ3) is 4.17. The highest BCUT2D eigenvalue weighted by Gasteiger charge is 2.20. The van der Waals surface area contributed by atoms with Gasteiger partial charge in [-0.05, 0) is 38.1 Å². The molecule has 0 saturated carbocycles. The average Bonchev–Trinajstić information content (AvgIpc) is 3.55. The van der Waals surface area contributed by atoms with Gasteiger partial charge >= 0.3 is 0 Å². The Hall–Kier alpha value is -2.90. The molecule has 7 heteroatoms. The molecule has 0 bridgehead atoms. The third-order valence-electron chi connectivity index (χ3n) is 5.22. The van der Waals surface area contributed by atoms with Crippen LogP contribution in [0.1, 0.15) is 24.6 Å². The van der Waals surface area contributed by atoms with Gasteiger partial charge in [-0.25, -0.2) is 4.98 Å². The van der Waals surface area contributed by atoms with Crippen molar-refractivity contribution >= 4 is 11.8 Å². The molecule has 4 aromatic rings. The molecule has 1 aliphatic rings. The predicted molar refractivity (Wildman–Crippen MR) is 117 cm³/mol. The van der Waals surface area contributed by atoms with E-state index in [0.717, 1.165) is 47.6 Å². The number of nitrogens with zero attached hydrogens (tertiary/aromatic N) is 5. The van der Waals surface area contributed by atoms with Crippen LogP contribution in [-0.4, -0.2) is 37.7 Å². The number of rotatable bonds is 7. The van der Waals surface area contributed by atoms with Crippen molar-refractivity contribution in [3.05, 3.63) is 78.6 Å². The van der Waals surface area contributed by atoms with E-state index in [1.54, 1.807) is 18.0 Å². The van der Waals surface area contributed by atoms with Crippen LogP contribution in [0.15, 0.2) is 76.4 Å². The van der Waals surface area contributed by atoms with Crippen molar-refractivity contribution in [3.63, 3.8) is 0 Å². The van der Waals surface area contributed by atoms with Crippen LogP contribution in [0.25, 0.3) is 17.0 Å². The van der Waals surface area contributed by atoms with Crippen molar-refractivity contribution in [2.24, 2.45) is 0 Å². The van der Waals surface area contributed by atoms with Gasteiger partial charge in [0, 0.05) is 11.3 Å². The van der Waals surface area contributed by atoms with Gasteiger partial charge in [0.1, 0.15) is 0 Å². The van der Waals surface area contributed by atoms with E-state index in [0.29, 0.717) is 11.6 Å². The van der Waals surface area contributed by atoms with Crippen molar-refractivity contribution in [2.45, 2.75) is 30.3 Å². The molecule has 0 radical (unpaired) electrons. The largest absolute Gasteiger partial charge is 0.440 e. The minimum Gasteiger partial charge on any atom is -0.440 e. The van der Waals surface area contributed by atoms with Gasteiger partial charge in [-0.1, -0.05) is 60.3 Å². The van der Waals surface area contributed by atoms with Gasteiger partial charge in [0.15, 0.2) is 16.7 Å². The Bertz CT molecular complexity index is 1090. The van der Waals surface area contributed by atoms with Gasteiger partial charge in [-0.15, -0.1) is 10.2 Å². The lowest BCUT2D eigenvalue weighted by Gasteiger charge is -2.15. The average molecular weight is 418 g/mol. The minimum absolute atomic E-state index is 0.599. The summed E-state index contributed by atoms with van der Waals surface area (Å²) in [5.74, 6) is 3.04. The molecular weight excluding hydrogens is 394 g/mol. The summed E-state index contributed by atoms with van der Waals surface area (Å²) < 4.78 is 8.11. The molecule has 0 unspecified atom stereocenters. The molecular formula is C23H23N5OS. The first-order chi connectivity index (χ1) is 14.9. The van der Waals surface area contributed by atoms with Crippen LogP contribution < -0.4 is 0 Å². The smallest absolute Gasteiger partial charge is 0.205 e. The molecule has 0 N–H and O–H groups in total. The maximum Gasteiger partial charge on any atom is 0.205 e. The molecule has 5 rings (SSSR count). The van der Waals surface area contributed by atoms with Crippen molar-refractivity contribution < 1.29 is 4.42 Å². The molecule has 1 aliphatic heterocycles. The van der Waals surface area contributed by atoms with Crippen molar-refractivity contribution in [1.82, 2.24) is 24.6 Å². The quantitative estimate of drug-likeness (QED) is 0.402. The second kappa shape index (κ2) is 8.85. The van der Waals surface area contributed by atoms with Gasteiger partial charge < -0.3 is 4.42 Å². The van der Waals surface area contributed by atoms with Crippen molar-refractivity contribution in [3.8, 4) is 17.0 Å². The van der Waals surface area contributed by atoms with E-state index in [2.05, 4.69) is 36.8 Å². The lowest BCUT2D eigenvalue weighted by molar-refractivity contribution is 0.319. The molecule has 2 aromatic carbocycles. The predicted octanol–water partition coefficient (Wildman–Crippen LogP) is 4.81.